The molecule has 1 aliphatic heterocycles. The average molecular weight is 245 g/mol. The van der Waals surface area contributed by atoms with E-state index in [1.54, 1.807) is 6.07 Å². The molecule has 1 N–H and O–H groups in total. The first-order valence-electron chi connectivity index (χ1n) is 5.48. The van der Waals surface area contributed by atoms with Crippen LogP contribution in [0.4, 0.5) is 13.2 Å². The van der Waals surface area contributed by atoms with Gasteiger partial charge in [0.15, 0.2) is 0 Å². The highest BCUT2D eigenvalue weighted by atomic mass is 19.4. The highest BCUT2D eigenvalue weighted by Crippen LogP contribution is 2.31. The highest BCUT2D eigenvalue weighted by Gasteiger charge is 2.31. The first-order valence-corrected chi connectivity index (χ1v) is 5.48. The Morgan fingerprint density at radius 2 is 2.06 bits per heavy atom. The van der Waals surface area contributed by atoms with E-state index in [1.807, 2.05) is 6.92 Å². The smallest absolute Gasteiger partial charge is 0.378 e. The van der Waals surface area contributed by atoms with E-state index >= 15 is 0 Å². The van der Waals surface area contributed by atoms with Crippen LogP contribution in [0, 0.1) is 0 Å². The second-order valence-corrected chi connectivity index (χ2v) is 4.28. The van der Waals surface area contributed by atoms with Crippen LogP contribution in [0.15, 0.2) is 24.3 Å². The van der Waals surface area contributed by atoms with Crippen LogP contribution in [0.1, 0.15) is 24.1 Å². The van der Waals surface area contributed by atoms with Crippen molar-refractivity contribution >= 4 is 0 Å². The van der Waals surface area contributed by atoms with Crippen molar-refractivity contribution in [2.24, 2.45) is 0 Å². The Hall–Kier alpha value is -1.07. The lowest BCUT2D eigenvalue weighted by atomic mass is 10.0. The van der Waals surface area contributed by atoms with Gasteiger partial charge in [0.25, 0.3) is 0 Å². The van der Waals surface area contributed by atoms with Crippen LogP contribution in [0.3, 0.4) is 0 Å². The van der Waals surface area contributed by atoms with Crippen LogP contribution in [-0.2, 0) is 10.9 Å². The van der Waals surface area contributed by atoms with Crippen molar-refractivity contribution in [2.75, 3.05) is 13.2 Å². The van der Waals surface area contributed by atoms with Crippen molar-refractivity contribution < 1.29 is 17.9 Å². The number of nitrogens with one attached hydrogen (secondary N) is 1. The normalized spacial score (nSPS) is 25.9. The quantitative estimate of drug-likeness (QED) is 0.821. The van der Waals surface area contributed by atoms with E-state index in [0.717, 1.165) is 6.07 Å². The minimum Gasteiger partial charge on any atom is -0.378 e. The average Bonchev–Trinajstić information content (AvgIpc) is 2.28. The molecule has 1 fully saturated rings. The van der Waals surface area contributed by atoms with E-state index in [9.17, 15) is 13.2 Å². The first kappa shape index (κ1) is 12.4. The molecule has 0 aromatic heterocycles. The van der Waals surface area contributed by atoms with Crippen molar-refractivity contribution in [3.8, 4) is 0 Å². The third-order valence-corrected chi connectivity index (χ3v) is 2.75. The van der Waals surface area contributed by atoms with Crippen LogP contribution in [0.2, 0.25) is 0 Å². The molecule has 1 aromatic rings. The standard InChI is InChI=1S/C12H14F3NO/c1-8-6-17-7-11(16-8)9-3-2-4-10(5-9)12(13,14)15/h2-5,8,11,16H,6-7H2,1H3/t8-,11-/m1/s1. The van der Waals surface area contributed by atoms with Crippen LogP contribution in [0.5, 0.6) is 0 Å². The third-order valence-electron chi connectivity index (χ3n) is 2.75. The van der Waals surface area contributed by atoms with Gasteiger partial charge in [0.1, 0.15) is 0 Å². The molecule has 17 heavy (non-hydrogen) atoms. The van der Waals surface area contributed by atoms with Crippen molar-refractivity contribution in [3.63, 3.8) is 0 Å². The molecule has 0 radical (unpaired) electrons. The topological polar surface area (TPSA) is 21.3 Å². The van der Waals surface area contributed by atoms with E-state index in [0.29, 0.717) is 18.8 Å². The Labute approximate surface area is 97.8 Å². The summed E-state index contributed by atoms with van der Waals surface area (Å²) in [6.45, 7) is 2.95. The Bertz CT molecular complexity index is 392. The summed E-state index contributed by atoms with van der Waals surface area (Å²) in [5, 5.41) is 3.22. The molecule has 5 heteroatoms. The number of halogens is 3. The fraction of sp³-hybridized carbons (Fsp3) is 0.500. The molecular weight excluding hydrogens is 231 g/mol. The Morgan fingerprint density at radius 3 is 2.71 bits per heavy atom. The molecule has 1 saturated heterocycles. The first-order chi connectivity index (χ1) is 7.97. The lowest BCUT2D eigenvalue weighted by Crippen LogP contribution is -2.41. The van der Waals surface area contributed by atoms with Crippen molar-refractivity contribution in [1.29, 1.82) is 0 Å². The summed E-state index contributed by atoms with van der Waals surface area (Å²) in [5.41, 5.74) is 0.00130. The zero-order valence-corrected chi connectivity index (χ0v) is 9.42. The Balaban J connectivity index is 2.21. The van der Waals surface area contributed by atoms with Crippen molar-refractivity contribution in [2.45, 2.75) is 25.2 Å². The van der Waals surface area contributed by atoms with Crippen molar-refractivity contribution in [3.05, 3.63) is 35.4 Å². The highest BCUT2D eigenvalue weighted by molar-refractivity contribution is 5.28. The van der Waals surface area contributed by atoms with Gasteiger partial charge < -0.3 is 10.1 Å². The second-order valence-electron chi connectivity index (χ2n) is 4.28. The van der Waals surface area contributed by atoms with E-state index in [2.05, 4.69) is 5.32 Å². The molecule has 0 saturated carbocycles. The number of ether oxygens (including phenoxy) is 1. The Morgan fingerprint density at radius 1 is 1.29 bits per heavy atom. The number of hydrogen-bond acceptors (Lipinski definition) is 2. The monoisotopic (exact) mass is 245 g/mol. The number of alkyl halides is 3. The number of rotatable bonds is 1. The molecule has 1 aromatic carbocycles. The van der Waals surface area contributed by atoms with Crippen LogP contribution >= 0.6 is 0 Å². The largest absolute Gasteiger partial charge is 0.416 e. The summed E-state index contributed by atoms with van der Waals surface area (Å²) < 4.78 is 43.0. The molecule has 2 nitrogen and oxygen atoms in total. The molecule has 0 aliphatic carbocycles. The summed E-state index contributed by atoms with van der Waals surface area (Å²) in [4.78, 5) is 0. The van der Waals surface area contributed by atoms with E-state index < -0.39 is 11.7 Å². The van der Waals surface area contributed by atoms with Gasteiger partial charge in [-0.05, 0) is 24.6 Å². The molecule has 1 aliphatic rings. The summed E-state index contributed by atoms with van der Waals surface area (Å²) in [5.74, 6) is 0. The Kier molecular flexibility index (Phi) is 3.40. The van der Waals surface area contributed by atoms with Gasteiger partial charge in [-0.15, -0.1) is 0 Å². The number of morpholine rings is 1. The van der Waals surface area contributed by atoms with Gasteiger partial charge in [-0.2, -0.15) is 13.2 Å². The number of hydrogen-bond donors (Lipinski definition) is 1. The fourth-order valence-electron chi connectivity index (χ4n) is 1.93. The second kappa shape index (κ2) is 4.66. The van der Waals surface area contributed by atoms with E-state index in [1.165, 1.54) is 12.1 Å². The maximum absolute atomic E-state index is 12.6. The molecule has 1 heterocycles. The van der Waals surface area contributed by atoms with Gasteiger partial charge in [0, 0.05) is 6.04 Å². The molecule has 94 valence electrons. The van der Waals surface area contributed by atoms with Crippen LogP contribution in [-0.4, -0.2) is 19.3 Å². The maximum atomic E-state index is 12.6. The lowest BCUT2D eigenvalue weighted by molar-refractivity contribution is -0.137. The molecule has 0 unspecified atom stereocenters. The minimum absolute atomic E-state index is 0.156. The lowest BCUT2D eigenvalue weighted by Gasteiger charge is -2.29. The SMILES string of the molecule is C[C@@H]1COC[C@H](c2cccc(C(F)(F)F)c2)N1. The van der Waals surface area contributed by atoms with Gasteiger partial charge in [-0.25, -0.2) is 0 Å². The van der Waals surface area contributed by atoms with Crippen molar-refractivity contribution in [1.82, 2.24) is 5.32 Å². The summed E-state index contributed by atoms with van der Waals surface area (Å²) in [6, 6.07) is 5.37. The summed E-state index contributed by atoms with van der Waals surface area (Å²) >= 11 is 0. The molecule has 0 bridgehead atoms. The molecule has 2 rings (SSSR count). The molecule has 0 amide bonds. The van der Waals surface area contributed by atoms with Gasteiger partial charge >= 0.3 is 6.18 Å². The third kappa shape index (κ3) is 2.98. The zero-order chi connectivity index (χ0) is 12.5. The van der Waals surface area contributed by atoms with Gasteiger partial charge in [0.05, 0.1) is 24.8 Å². The van der Waals surface area contributed by atoms with Gasteiger partial charge in [-0.1, -0.05) is 12.1 Å². The van der Waals surface area contributed by atoms with Gasteiger partial charge in [-0.3, -0.25) is 0 Å². The number of benzene rings is 1. The molecule has 2 atom stereocenters. The van der Waals surface area contributed by atoms with Crippen LogP contribution < -0.4 is 5.32 Å². The molecular formula is C12H14F3NO. The maximum Gasteiger partial charge on any atom is 0.416 e. The zero-order valence-electron chi connectivity index (χ0n) is 9.42. The minimum atomic E-state index is -4.29. The predicted molar refractivity (Wildman–Crippen MR) is 57.6 cm³/mol. The van der Waals surface area contributed by atoms with E-state index in [-0.39, 0.29) is 12.1 Å². The van der Waals surface area contributed by atoms with E-state index in [4.69, 9.17) is 4.74 Å². The summed E-state index contributed by atoms with van der Waals surface area (Å²) in [6.07, 6.45) is -4.29. The summed E-state index contributed by atoms with van der Waals surface area (Å²) in [7, 11) is 0. The van der Waals surface area contributed by atoms with Gasteiger partial charge in [0.2, 0.25) is 0 Å². The van der Waals surface area contributed by atoms with Crippen LogP contribution in [0.25, 0.3) is 0 Å². The fourth-order valence-corrected chi connectivity index (χ4v) is 1.93. The molecule has 0 spiro atoms. The predicted octanol–water partition coefficient (Wildman–Crippen LogP) is 2.75.